The molecule has 0 bridgehead atoms. The Morgan fingerprint density at radius 2 is 1.67 bits per heavy atom. The van der Waals surface area contributed by atoms with E-state index in [1.54, 1.807) is 43.6 Å². The molecule has 1 fully saturated rings. The summed E-state index contributed by atoms with van der Waals surface area (Å²) in [5, 5.41) is 18.5. The number of carbonyl (C=O) groups excluding carboxylic acids is 3. The van der Waals surface area contributed by atoms with Crippen LogP contribution in [0.4, 0.5) is 20.4 Å². The van der Waals surface area contributed by atoms with Crippen molar-refractivity contribution in [3.63, 3.8) is 0 Å². The Kier molecular flexibility index (Phi) is 20.0. The van der Waals surface area contributed by atoms with Gasteiger partial charge in [-0.05, 0) is 93.2 Å². The van der Waals surface area contributed by atoms with E-state index in [1.165, 1.54) is 18.2 Å². The van der Waals surface area contributed by atoms with Crippen LogP contribution in [0.25, 0.3) is 22.5 Å². The lowest BCUT2D eigenvalue weighted by Gasteiger charge is -2.29. The number of aldehydes is 1. The van der Waals surface area contributed by atoms with Gasteiger partial charge in [-0.1, -0.05) is 72.3 Å². The van der Waals surface area contributed by atoms with Crippen molar-refractivity contribution in [2.45, 2.75) is 83.1 Å². The van der Waals surface area contributed by atoms with E-state index in [9.17, 15) is 23.2 Å². The average Bonchev–Trinajstić information content (AvgIpc) is 3.88. The molecule has 16 nitrogen and oxygen atoms in total. The van der Waals surface area contributed by atoms with Gasteiger partial charge in [-0.2, -0.15) is 0 Å². The Morgan fingerprint density at radius 1 is 0.921 bits per heavy atom. The standard InChI is InChI=1S/C57H61ClF2N10O6/c1-3-7-52(56(73)64-37-72)69(2)34-41-30-38(11-12-40(41)36-71)8-4-5-24-74-26-28-76-29-27-75-25-23-61-44-18-20-46(21-19-44)70-35-51(67-68-70)39-13-16-45(17-14-39)65-57-63-33-42-32-62-55(53-49(59)9-6-10-50(53)60)48-31-43(58)15-22-47(48)54(42)66-57/h6,9-17,22,30-31,33,35-37,44,46,52,61H,3,5,7,18-21,23-29,32,34H2,1-2H3,(H,63,65,66)(H,64,72,73). The number of nitrogens with one attached hydrogen (secondary N) is 3. The number of rotatable bonds is 25. The third kappa shape index (κ3) is 14.6. The maximum Gasteiger partial charge on any atom is 0.243 e. The van der Waals surface area contributed by atoms with Crippen molar-refractivity contribution in [3.05, 3.63) is 141 Å². The highest BCUT2D eigenvalue weighted by atomic mass is 35.5. The van der Waals surface area contributed by atoms with Crippen molar-refractivity contribution in [3.8, 4) is 34.4 Å². The molecule has 0 saturated heterocycles. The van der Waals surface area contributed by atoms with Crippen molar-refractivity contribution in [2.24, 2.45) is 4.99 Å². The number of benzene rings is 4. The highest BCUT2D eigenvalue weighted by Gasteiger charge is 2.27. The summed E-state index contributed by atoms with van der Waals surface area (Å²) in [5.74, 6) is 4.80. The highest BCUT2D eigenvalue weighted by Crippen LogP contribution is 2.35. The minimum Gasteiger partial charge on any atom is -0.378 e. The number of nitrogens with zero attached hydrogens (tertiary/aromatic N) is 7. The fourth-order valence-electron chi connectivity index (χ4n) is 9.37. The number of carbonyl (C=O) groups is 3. The number of fused-ring (bicyclic) bond motifs is 3. The lowest BCUT2D eigenvalue weighted by atomic mass is 9.91. The molecule has 0 spiro atoms. The fraction of sp³-hybridized carbons (Fsp3) is 0.368. The van der Waals surface area contributed by atoms with Crippen molar-refractivity contribution >= 4 is 47.6 Å². The number of aliphatic imine (C=N–C) groups is 1. The number of amides is 2. The van der Waals surface area contributed by atoms with Gasteiger partial charge in [-0.25, -0.2) is 23.4 Å². The first kappa shape index (κ1) is 55.1. The number of halogens is 3. The second-order valence-corrected chi connectivity index (χ2v) is 19.0. The zero-order valence-corrected chi connectivity index (χ0v) is 43.3. The molecule has 4 aromatic carbocycles. The van der Waals surface area contributed by atoms with Crippen LogP contribution in [0.2, 0.25) is 5.02 Å². The minimum atomic E-state index is -0.715. The SMILES string of the molecule is CCCC(C(=O)NC=O)N(C)Cc1cc(C#CCCOCCOCCOCCNC2CCC(n3cc(-c4ccc(Nc5ncc6c(n5)-c5ccc(Cl)cc5C(c5c(F)cccc5F)=NC6)cc4)nn3)CC2)ccc1C=O. The number of aromatic nitrogens is 5. The quantitative estimate of drug-likeness (QED) is 0.0281. The predicted octanol–water partition coefficient (Wildman–Crippen LogP) is 8.68. The predicted molar refractivity (Wildman–Crippen MR) is 286 cm³/mol. The van der Waals surface area contributed by atoms with Gasteiger partial charge in [0.1, 0.15) is 23.6 Å². The van der Waals surface area contributed by atoms with Crippen molar-refractivity contribution < 1.29 is 37.4 Å². The van der Waals surface area contributed by atoms with Crippen molar-refractivity contribution in [1.29, 1.82) is 0 Å². The highest BCUT2D eigenvalue weighted by molar-refractivity contribution is 6.31. The first-order valence-corrected chi connectivity index (χ1v) is 25.9. The Bertz CT molecular complexity index is 3030. The van der Waals surface area contributed by atoms with Gasteiger partial charge in [0.2, 0.25) is 18.3 Å². The molecule has 396 valence electrons. The van der Waals surface area contributed by atoms with Gasteiger partial charge in [0.25, 0.3) is 0 Å². The Labute approximate surface area is 446 Å². The molecule has 1 saturated carbocycles. The van der Waals surface area contributed by atoms with E-state index in [2.05, 4.69) is 48.1 Å². The summed E-state index contributed by atoms with van der Waals surface area (Å²) in [6.45, 7) is 6.13. The molecule has 2 amide bonds. The number of ether oxygens (including phenoxy) is 3. The van der Waals surface area contributed by atoms with Crippen LogP contribution in [0.3, 0.4) is 0 Å². The van der Waals surface area contributed by atoms with Crippen LogP contribution in [0.15, 0.2) is 96.2 Å². The topological polar surface area (TPSA) is 187 Å². The number of hydrogen-bond acceptors (Lipinski definition) is 14. The number of anilines is 2. The lowest BCUT2D eigenvalue weighted by Crippen LogP contribution is -2.44. The summed E-state index contributed by atoms with van der Waals surface area (Å²) in [5.41, 5.74) is 6.86. The van der Waals surface area contributed by atoms with Crippen LogP contribution < -0.4 is 16.0 Å². The van der Waals surface area contributed by atoms with E-state index < -0.39 is 17.7 Å². The molecule has 6 aromatic rings. The van der Waals surface area contributed by atoms with Crippen LogP contribution in [0, 0.1) is 23.5 Å². The first-order chi connectivity index (χ1) is 37.1. The molecule has 76 heavy (non-hydrogen) atoms. The van der Waals surface area contributed by atoms with E-state index in [-0.39, 0.29) is 29.8 Å². The van der Waals surface area contributed by atoms with Crippen molar-refractivity contribution in [1.82, 2.24) is 40.5 Å². The van der Waals surface area contributed by atoms with Gasteiger partial charge < -0.3 is 24.8 Å². The second-order valence-electron chi connectivity index (χ2n) is 18.5. The smallest absolute Gasteiger partial charge is 0.243 e. The Morgan fingerprint density at radius 3 is 2.41 bits per heavy atom. The number of imide groups is 1. The molecule has 8 rings (SSSR count). The normalized spacial score (nSPS) is 15.4. The van der Waals surface area contributed by atoms with Gasteiger partial charge in [0.05, 0.1) is 81.4 Å². The summed E-state index contributed by atoms with van der Waals surface area (Å²) >= 11 is 6.39. The van der Waals surface area contributed by atoms with Crippen molar-refractivity contribution in [2.75, 3.05) is 58.6 Å². The number of hydrogen-bond donors (Lipinski definition) is 3. The molecule has 1 aliphatic carbocycles. The first-order valence-electron chi connectivity index (χ1n) is 25.5. The van der Waals surface area contributed by atoms with Gasteiger partial charge in [0.15, 0.2) is 0 Å². The maximum atomic E-state index is 15.0. The molecule has 0 radical (unpaired) electrons. The third-order valence-electron chi connectivity index (χ3n) is 13.3. The summed E-state index contributed by atoms with van der Waals surface area (Å²) in [4.78, 5) is 50.8. The van der Waals surface area contributed by atoms with E-state index in [0.29, 0.717) is 110 Å². The molecule has 3 N–H and O–H groups in total. The molecule has 1 unspecified atom stereocenters. The molecule has 2 aromatic heterocycles. The summed E-state index contributed by atoms with van der Waals surface area (Å²) in [6, 6.07) is 22.3. The van der Waals surface area contributed by atoms with Crippen LogP contribution >= 0.6 is 11.6 Å². The number of likely N-dealkylation sites (N-methyl/N-ethyl adjacent to an activating group) is 1. The van der Waals surface area contributed by atoms with Crippen LogP contribution in [0.1, 0.15) is 96.1 Å². The molecular formula is C57H61ClF2N10O6. The van der Waals surface area contributed by atoms with E-state index in [4.69, 9.17) is 30.8 Å². The van der Waals surface area contributed by atoms with Crippen LogP contribution in [0.5, 0.6) is 0 Å². The van der Waals surface area contributed by atoms with Gasteiger partial charge in [-0.15, -0.1) is 5.10 Å². The second kappa shape index (κ2) is 27.6. The monoisotopic (exact) mass is 1050 g/mol. The van der Waals surface area contributed by atoms with Crippen LogP contribution in [-0.2, 0) is 36.9 Å². The maximum absolute atomic E-state index is 15.0. The Hall–Kier alpha value is -7.11. The van der Waals surface area contributed by atoms with E-state index in [1.807, 2.05) is 53.0 Å². The zero-order valence-electron chi connectivity index (χ0n) is 42.6. The van der Waals surface area contributed by atoms with Gasteiger partial charge >= 0.3 is 0 Å². The lowest BCUT2D eigenvalue weighted by molar-refractivity contribution is -0.129. The van der Waals surface area contributed by atoms with Gasteiger partial charge in [0, 0.05) is 75.8 Å². The third-order valence-corrected chi connectivity index (χ3v) is 13.5. The average molecular weight is 1060 g/mol. The van der Waals surface area contributed by atoms with E-state index >= 15 is 0 Å². The summed E-state index contributed by atoms with van der Waals surface area (Å²) in [7, 11) is 1.80. The van der Waals surface area contributed by atoms with E-state index in [0.717, 1.165) is 73.0 Å². The minimum absolute atomic E-state index is 0.124. The molecular weight excluding hydrogens is 994 g/mol. The molecule has 19 heteroatoms. The van der Waals surface area contributed by atoms with Crippen LogP contribution in [-0.4, -0.2) is 119 Å². The molecule has 1 atom stereocenters. The molecule has 1 aliphatic heterocycles. The fourth-order valence-corrected chi connectivity index (χ4v) is 9.54. The largest absolute Gasteiger partial charge is 0.378 e. The zero-order chi connectivity index (χ0) is 53.2. The summed E-state index contributed by atoms with van der Waals surface area (Å²) < 4.78 is 49.1. The molecule has 2 aliphatic rings. The molecule has 3 heterocycles. The van der Waals surface area contributed by atoms with Gasteiger partial charge in [-0.3, -0.25) is 29.6 Å². The summed E-state index contributed by atoms with van der Waals surface area (Å²) in [6.07, 6.45) is 10.8. The Balaban J connectivity index is 0.692.